The Balaban J connectivity index is 0.000000437. The van der Waals surface area contributed by atoms with Crippen LogP contribution >= 0.6 is 0 Å². The highest BCUT2D eigenvalue weighted by Gasteiger charge is 2.27. The van der Waals surface area contributed by atoms with Gasteiger partial charge in [0, 0.05) is 6.21 Å². The number of carboxylic acids is 1. The van der Waals surface area contributed by atoms with Crippen LogP contribution in [-0.4, -0.2) is 65.0 Å². The Morgan fingerprint density at radius 3 is 2.41 bits per heavy atom. The predicted octanol–water partition coefficient (Wildman–Crippen LogP) is -2.63. The quantitative estimate of drug-likeness (QED) is 0.423. The molecule has 0 unspecified atom stereocenters. The van der Waals surface area contributed by atoms with Crippen molar-refractivity contribution in [1.82, 2.24) is 4.90 Å². The van der Waals surface area contributed by atoms with E-state index in [1.54, 1.807) is 0 Å². The predicted molar refractivity (Wildman–Crippen MR) is 57.4 cm³/mol. The Labute approximate surface area is 96.7 Å². The molecule has 17 heavy (non-hydrogen) atoms. The highest BCUT2D eigenvalue weighted by atomic mass is 16.4. The van der Waals surface area contributed by atoms with E-state index in [9.17, 15) is 14.4 Å². The van der Waals surface area contributed by atoms with Crippen LogP contribution in [0.4, 0.5) is 4.79 Å². The second-order valence-corrected chi connectivity index (χ2v) is 2.93. The molecular formula is C8H14N4O5. The van der Waals surface area contributed by atoms with Gasteiger partial charge in [-0.3, -0.25) is 14.5 Å². The summed E-state index contributed by atoms with van der Waals surface area (Å²) < 4.78 is 0. The average Bonchev–Trinajstić information content (AvgIpc) is 2.74. The Hall–Kier alpha value is -1.84. The monoisotopic (exact) mass is 246 g/mol. The minimum absolute atomic E-state index is 0.144. The van der Waals surface area contributed by atoms with E-state index in [0.717, 1.165) is 4.90 Å². The van der Waals surface area contributed by atoms with Gasteiger partial charge in [0.1, 0.15) is 6.04 Å². The summed E-state index contributed by atoms with van der Waals surface area (Å²) in [7, 11) is 0. The Kier molecular flexibility index (Phi) is 6.63. The first kappa shape index (κ1) is 15.2. The first-order valence-corrected chi connectivity index (χ1v) is 4.60. The zero-order valence-corrected chi connectivity index (χ0v) is 8.94. The van der Waals surface area contributed by atoms with Crippen molar-refractivity contribution in [2.45, 2.75) is 6.04 Å². The number of nitrogens with two attached hydrogens (primary N) is 2. The molecule has 1 aliphatic heterocycles. The van der Waals surface area contributed by atoms with Crippen molar-refractivity contribution in [3.8, 4) is 0 Å². The molecular weight excluding hydrogens is 232 g/mol. The van der Waals surface area contributed by atoms with Crippen LogP contribution in [0.1, 0.15) is 0 Å². The molecule has 0 aliphatic carbocycles. The maximum absolute atomic E-state index is 11.1. The van der Waals surface area contributed by atoms with Crippen molar-refractivity contribution in [2.75, 3.05) is 19.7 Å². The molecule has 0 radical (unpaired) electrons. The zero-order valence-electron chi connectivity index (χ0n) is 8.94. The number of aliphatic hydroxyl groups is 1. The van der Waals surface area contributed by atoms with Gasteiger partial charge in [-0.05, 0) is 0 Å². The third-order valence-electron chi connectivity index (χ3n) is 1.65. The number of rotatable bonds is 3. The lowest BCUT2D eigenvalue weighted by Gasteiger charge is -2.15. The number of aliphatic carboxylic acids is 1. The number of aliphatic imine (C=N–C) groups is 1. The summed E-state index contributed by atoms with van der Waals surface area (Å²) in [4.78, 5) is 35.4. The molecule has 1 aliphatic rings. The smallest absolute Gasteiger partial charge is 0.350 e. The fourth-order valence-electron chi connectivity index (χ4n) is 0.811. The number of carboxylic acid groups (broad SMARTS) is 1. The van der Waals surface area contributed by atoms with E-state index in [2.05, 4.69) is 10.7 Å². The van der Waals surface area contributed by atoms with Crippen LogP contribution in [0.25, 0.3) is 0 Å². The Morgan fingerprint density at radius 2 is 2.12 bits per heavy atom. The van der Waals surface area contributed by atoms with Gasteiger partial charge < -0.3 is 21.7 Å². The number of nitrogens with zero attached hydrogens (tertiary/aromatic N) is 2. The molecule has 9 nitrogen and oxygen atoms in total. The lowest BCUT2D eigenvalue weighted by Crippen LogP contribution is -2.46. The average molecular weight is 246 g/mol. The van der Waals surface area contributed by atoms with Gasteiger partial charge in [0.05, 0.1) is 19.7 Å². The van der Waals surface area contributed by atoms with Gasteiger partial charge in [-0.25, -0.2) is 9.79 Å². The van der Waals surface area contributed by atoms with Crippen LogP contribution in [0, 0.1) is 0 Å². The molecule has 1 heterocycles. The highest BCUT2D eigenvalue weighted by molar-refractivity contribution is 6.04. The summed E-state index contributed by atoms with van der Waals surface area (Å²) in [6, 6.07) is -1.65. The molecule has 1 rings (SSSR count). The van der Waals surface area contributed by atoms with Crippen molar-refractivity contribution in [3.63, 3.8) is 0 Å². The van der Waals surface area contributed by atoms with Crippen LogP contribution < -0.4 is 11.5 Å². The minimum Gasteiger partial charge on any atom is -0.480 e. The van der Waals surface area contributed by atoms with Gasteiger partial charge in [0.2, 0.25) is 5.91 Å². The van der Waals surface area contributed by atoms with Crippen molar-refractivity contribution in [1.29, 1.82) is 0 Å². The van der Waals surface area contributed by atoms with Gasteiger partial charge in [0.25, 0.3) is 0 Å². The van der Waals surface area contributed by atoms with Gasteiger partial charge in [0.15, 0.2) is 0 Å². The lowest BCUT2D eigenvalue weighted by molar-refractivity contribution is -0.135. The second kappa shape index (κ2) is 7.44. The first-order valence-electron chi connectivity index (χ1n) is 4.60. The van der Waals surface area contributed by atoms with Crippen molar-refractivity contribution < 1.29 is 24.6 Å². The SMILES string of the molecule is NCC(=O)O.N[C@@H](CO)C(=O)N1CC=NC1=O. The number of carbonyl (C=O) groups is 3. The van der Waals surface area contributed by atoms with Gasteiger partial charge in [-0.1, -0.05) is 0 Å². The van der Waals surface area contributed by atoms with Crippen LogP contribution in [0.2, 0.25) is 0 Å². The van der Waals surface area contributed by atoms with Gasteiger partial charge >= 0.3 is 12.0 Å². The Morgan fingerprint density at radius 1 is 1.59 bits per heavy atom. The zero-order chi connectivity index (χ0) is 13.4. The second-order valence-electron chi connectivity index (χ2n) is 2.93. The number of imide groups is 1. The van der Waals surface area contributed by atoms with Crippen LogP contribution in [0.15, 0.2) is 4.99 Å². The van der Waals surface area contributed by atoms with E-state index >= 15 is 0 Å². The maximum Gasteiger partial charge on any atom is 0.350 e. The number of hydrogen-bond donors (Lipinski definition) is 4. The standard InChI is InChI=1S/C6H9N3O3.C2H5NO2/c7-4(3-10)5(11)9-2-1-8-6(9)12;3-1-2(4)5/h1,4,10H,2-3,7H2;1,3H2,(H,4,5)/t4-;/m0./s1. The number of carbonyl (C=O) groups excluding carboxylic acids is 2. The topological polar surface area (TPSA) is 159 Å². The van der Waals surface area contributed by atoms with E-state index in [1.165, 1.54) is 6.21 Å². The summed E-state index contributed by atoms with van der Waals surface area (Å²) in [6.45, 7) is -0.603. The molecule has 0 spiro atoms. The number of aliphatic hydroxyl groups excluding tert-OH is 1. The molecule has 3 amide bonds. The number of hydrogen-bond acceptors (Lipinski definition) is 6. The van der Waals surface area contributed by atoms with E-state index in [4.69, 9.17) is 15.9 Å². The molecule has 0 aromatic rings. The third-order valence-corrected chi connectivity index (χ3v) is 1.65. The summed E-state index contributed by atoms with van der Waals surface area (Å²) in [5, 5.41) is 16.1. The van der Waals surface area contributed by atoms with E-state index in [1.807, 2.05) is 0 Å². The molecule has 0 bridgehead atoms. The largest absolute Gasteiger partial charge is 0.480 e. The van der Waals surface area contributed by atoms with Crippen LogP contribution in [-0.2, 0) is 9.59 Å². The van der Waals surface area contributed by atoms with E-state index < -0.39 is 30.6 Å². The summed E-state index contributed by atoms with van der Waals surface area (Å²) in [6.07, 6.45) is 1.32. The van der Waals surface area contributed by atoms with Gasteiger partial charge in [-0.2, -0.15) is 0 Å². The minimum atomic E-state index is -1.03. The van der Waals surface area contributed by atoms with Crippen molar-refractivity contribution >= 4 is 24.1 Å². The fourth-order valence-corrected chi connectivity index (χ4v) is 0.811. The van der Waals surface area contributed by atoms with Crippen molar-refractivity contribution in [2.24, 2.45) is 16.5 Å². The molecule has 0 aromatic carbocycles. The van der Waals surface area contributed by atoms with Crippen LogP contribution in [0.3, 0.4) is 0 Å². The van der Waals surface area contributed by atoms with E-state index in [0.29, 0.717) is 0 Å². The molecule has 0 fully saturated rings. The molecule has 0 aromatic heterocycles. The summed E-state index contributed by atoms with van der Waals surface area (Å²) in [5.41, 5.74) is 9.78. The van der Waals surface area contributed by atoms with Crippen LogP contribution in [0.5, 0.6) is 0 Å². The summed E-state index contributed by atoms with van der Waals surface area (Å²) in [5.74, 6) is -1.56. The lowest BCUT2D eigenvalue weighted by atomic mass is 10.3. The first-order chi connectivity index (χ1) is 7.93. The van der Waals surface area contributed by atoms with Crippen molar-refractivity contribution in [3.05, 3.63) is 0 Å². The summed E-state index contributed by atoms with van der Waals surface area (Å²) >= 11 is 0. The molecule has 9 heteroatoms. The van der Waals surface area contributed by atoms with E-state index in [-0.39, 0.29) is 13.1 Å². The third kappa shape index (κ3) is 5.15. The highest BCUT2D eigenvalue weighted by Crippen LogP contribution is 2.01. The maximum atomic E-state index is 11.1. The molecule has 96 valence electrons. The molecule has 6 N–H and O–H groups in total. The molecule has 0 saturated heterocycles. The van der Waals surface area contributed by atoms with Gasteiger partial charge in [-0.15, -0.1) is 0 Å². The fraction of sp³-hybridized carbons (Fsp3) is 0.500. The molecule has 1 atom stereocenters. The normalized spacial score (nSPS) is 15.2. The molecule has 0 saturated carbocycles. The number of urea groups is 1. The Bertz CT molecular complexity index is 330. The number of amides is 3.